The highest BCUT2D eigenvalue weighted by molar-refractivity contribution is 7.99. The van der Waals surface area contributed by atoms with Gasteiger partial charge in [0.1, 0.15) is 5.82 Å². The Labute approximate surface area is 176 Å². The highest BCUT2D eigenvalue weighted by Gasteiger charge is 2.16. The number of rotatable bonds is 8. The maximum Gasteiger partial charge on any atom is 0.254 e. The van der Waals surface area contributed by atoms with E-state index >= 15 is 0 Å². The molecule has 1 N–H and O–H groups in total. The zero-order chi connectivity index (χ0) is 21.5. The number of amides is 1. The first-order valence-electron chi connectivity index (χ1n) is 9.14. The Kier molecular flexibility index (Phi) is 6.93. The summed E-state index contributed by atoms with van der Waals surface area (Å²) in [6.07, 6.45) is 0. The van der Waals surface area contributed by atoms with Crippen molar-refractivity contribution in [3.05, 3.63) is 76.9 Å². The number of nitrogens with zero attached hydrogens (tertiary/aromatic N) is 4. The number of benzene rings is 2. The van der Waals surface area contributed by atoms with Crippen molar-refractivity contribution in [3.63, 3.8) is 0 Å². The van der Waals surface area contributed by atoms with Crippen LogP contribution in [0.2, 0.25) is 0 Å². The third-order valence-electron chi connectivity index (χ3n) is 4.30. The zero-order valence-electron chi connectivity index (χ0n) is 16.1. The number of thioether (sulfide) groups is 1. The number of aromatic nitrogens is 3. The Morgan fingerprint density at radius 1 is 1.17 bits per heavy atom. The molecule has 1 aromatic heterocycles. The van der Waals surface area contributed by atoms with Crippen molar-refractivity contribution in [1.82, 2.24) is 20.1 Å². The van der Waals surface area contributed by atoms with Gasteiger partial charge in [0.15, 0.2) is 16.8 Å². The smallest absolute Gasteiger partial charge is 0.254 e. The number of nitrogens with one attached hydrogen (secondary N) is 1. The average molecular weight is 423 g/mol. The number of carbonyl (C=O) groups excluding carboxylic acids is 2. The first-order valence-corrected chi connectivity index (χ1v) is 10.1. The molecule has 0 aliphatic heterocycles. The first kappa shape index (κ1) is 21.2. The van der Waals surface area contributed by atoms with Crippen molar-refractivity contribution in [2.45, 2.75) is 25.2 Å². The fourth-order valence-electron chi connectivity index (χ4n) is 2.72. The predicted octanol–water partition coefficient (Wildman–Crippen LogP) is 3.21. The average Bonchev–Trinajstić information content (AvgIpc) is 3.18. The van der Waals surface area contributed by atoms with Crippen LogP contribution in [0.5, 0.6) is 0 Å². The normalized spacial score (nSPS) is 10.4. The summed E-state index contributed by atoms with van der Waals surface area (Å²) >= 11 is 1.24. The van der Waals surface area contributed by atoms with Gasteiger partial charge in [-0.25, -0.2) is 4.39 Å². The van der Waals surface area contributed by atoms with Gasteiger partial charge in [0.25, 0.3) is 5.91 Å². The minimum atomic E-state index is -0.593. The van der Waals surface area contributed by atoms with Gasteiger partial charge in [-0.05, 0) is 31.2 Å². The van der Waals surface area contributed by atoms with E-state index in [0.717, 1.165) is 0 Å². The summed E-state index contributed by atoms with van der Waals surface area (Å²) in [6.45, 7) is 2.53. The predicted molar refractivity (Wildman–Crippen MR) is 109 cm³/mol. The van der Waals surface area contributed by atoms with Crippen LogP contribution in [0.25, 0.3) is 0 Å². The van der Waals surface area contributed by atoms with Crippen molar-refractivity contribution in [2.24, 2.45) is 0 Å². The minimum absolute atomic E-state index is 0.0392. The van der Waals surface area contributed by atoms with Crippen LogP contribution in [0, 0.1) is 17.1 Å². The molecule has 0 aliphatic rings. The van der Waals surface area contributed by atoms with E-state index in [1.165, 1.54) is 30.0 Å². The molecule has 0 unspecified atom stereocenters. The van der Waals surface area contributed by atoms with E-state index in [9.17, 15) is 14.0 Å². The lowest BCUT2D eigenvalue weighted by atomic mass is 10.1. The lowest BCUT2D eigenvalue weighted by Gasteiger charge is -2.09. The second kappa shape index (κ2) is 9.80. The molecule has 3 rings (SSSR count). The maximum absolute atomic E-state index is 13.7. The van der Waals surface area contributed by atoms with Crippen LogP contribution < -0.4 is 5.32 Å². The van der Waals surface area contributed by atoms with Gasteiger partial charge in [-0.2, -0.15) is 5.26 Å². The van der Waals surface area contributed by atoms with Crippen molar-refractivity contribution in [2.75, 3.05) is 5.75 Å². The molecule has 0 radical (unpaired) electrons. The van der Waals surface area contributed by atoms with Gasteiger partial charge in [0, 0.05) is 12.1 Å². The summed E-state index contributed by atoms with van der Waals surface area (Å²) < 4.78 is 15.5. The number of Topliss-reactive ketones (excluding diaryl/α,β-unsaturated/α-hetero) is 1. The van der Waals surface area contributed by atoms with Gasteiger partial charge < -0.3 is 9.88 Å². The third kappa shape index (κ3) is 4.90. The molecule has 9 heteroatoms. The molecule has 30 heavy (non-hydrogen) atoms. The molecule has 152 valence electrons. The van der Waals surface area contributed by atoms with Gasteiger partial charge in [0.05, 0.1) is 29.5 Å². The van der Waals surface area contributed by atoms with Crippen molar-refractivity contribution < 1.29 is 14.0 Å². The highest BCUT2D eigenvalue weighted by atomic mass is 32.2. The van der Waals surface area contributed by atoms with E-state index in [-0.39, 0.29) is 23.6 Å². The molecule has 0 atom stereocenters. The Morgan fingerprint density at radius 2 is 1.90 bits per heavy atom. The number of hydrogen-bond donors (Lipinski definition) is 1. The van der Waals surface area contributed by atoms with Gasteiger partial charge in [0.2, 0.25) is 0 Å². The van der Waals surface area contributed by atoms with Crippen LogP contribution in [0.4, 0.5) is 4.39 Å². The van der Waals surface area contributed by atoms with E-state index in [4.69, 9.17) is 5.26 Å². The standard InChI is InChI=1S/C21H18FN5O2S/c1-2-27-19(12-24-20(29)16-5-3-4-6-17(16)22)25-26-21(27)30-13-18(28)15-9-7-14(11-23)8-10-15/h3-10H,2,12-13H2,1H3,(H,24,29). The number of halogens is 1. The summed E-state index contributed by atoms with van der Waals surface area (Å²) in [5.74, 6) is -0.556. The Morgan fingerprint density at radius 3 is 2.57 bits per heavy atom. The molecule has 3 aromatic rings. The maximum atomic E-state index is 13.7. The van der Waals surface area contributed by atoms with E-state index in [0.29, 0.717) is 28.7 Å². The van der Waals surface area contributed by atoms with Crippen LogP contribution >= 0.6 is 11.8 Å². The SMILES string of the molecule is CCn1c(CNC(=O)c2ccccc2F)nnc1SCC(=O)c1ccc(C#N)cc1. The van der Waals surface area contributed by atoms with E-state index in [2.05, 4.69) is 15.5 Å². The van der Waals surface area contributed by atoms with E-state index in [1.807, 2.05) is 13.0 Å². The van der Waals surface area contributed by atoms with Crippen LogP contribution in [0.1, 0.15) is 39.0 Å². The van der Waals surface area contributed by atoms with Gasteiger partial charge in [-0.1, -0.05) is 36.0 Å². The molecule has 2 aromatic carbocycles. The number of carbonyl (C=O) groups is 2. The fraction of sp³-hybridized carbons (Fsp3) is 0.190. The van der Waals surface area contributed by atoms with Crippen LogP contribution in [-0.2, 0) is 13.1 Å². The van der Waals surface area contributed by atoms with Gasteiger partial charge in [-0.3, -0.25) is 9.59 Å². The number of ketones is 1. The monoisotopic (exact) mass is 423 g/mol. The van der Waals surface area contributed by atoms with E-state index < -0.39 is 11.7 Å². The Balaban J connectivity index is 1.62. The topological polar surface area (TPSA) is 101 Å². The molecule has 0 spiro atoms. The molecule has 0 saturated heterocycles. The first-order chi connectivity index (χ1) is 14.5. The summed E-state index contributed by atoms with van der Waals surface area (Å²) in [4.78, 5) is 24.6. The van der Waals surface area contributed by atoms with Crippen molar-refractivity contribution in [1.29, 1.82) is 5.26 Å². The lowest BCUT2D eigenvalue weighted by Crippen LogP contribution is -2.25. The van der Waals surface area contributed by atoms with Crippen LogP contribution in [0.3, 0.4) is 0 Å². The number of nitriles is 1. The van der Waals surface area contributed by atoms with Crippen molar-refractivity contribution in [3.8, 4) is 6.07 Å². The third-order valence-corrected chi connectivity index (χ3v) is 5.27. The van der Waals surface area contributed by atoms with Crippen LogP contribution in [-0.4, -0.2) is 32.2 Å². The summed E-state index contributed by atoms with van der Waals surface area (Å²) in [5, 5.41) is 20.2. The van der Waals surface area contributed by atoms with Crippen LogP contribution in [0.15, 0.2) is 53.7 Å². The zero-order valence-corrected chi connectivity index (χ0v) is 16.9. The molecule has 1 amide bonds. The molecule has 0 bridgehead atoms. The van der Waals surface area contributed by atoms with Gasteiger partial charge in [-0.15, -0.1) is 10.2 Å². The second-order valence-corrected chi connectivity index (χ2v) is 7.15. The largest absolute Gasteiger partial charge is 0.345 e. The summed E-state index contributed by atoms with van der Waals surface area (Å²) in [5.41, 5.74) is 0.969. The molecule has 1 heterocycles. The van der Waals surface area contributed by atoms with Crippen molar-refractivity contribution >= 4 is 23.5 Å². The van der Waals surface area contributed by atoms with E-state index in [1.54, 1.807) is 34.9 Å². The highest BCUT2D eigenvalue weighted by Crippen LogP contribution is 2.19. The molecular formula is C21H18FN5O2S. The molecule has 0 fully saturated rings. The Bertz CT molecular complexity index is 1110. The summed E-state index contributed by atoms with van der Waals surface area (Å²) in [6, 6.07) is 14.2. The van der Waals surface area contributed by atoms with Gasteiger partial charge >= 0.3 is 0 Å². The Hall–Kier alpha value is -3.51. The fourth-order valence-corrected chi connectivity index (χ4v) is 3.63. The quantitative estimate of drug-likeness (QED) is 0.441. The molecule has 7 nitrogen and oxygen atoms in total. The molecule has 0 saturated carbocycles. The molecule has 0 aliphatic carbocycles. The minimum Gasteiger partial charge on any atom is -0.345 e. The number of hydrogen-bond acceptors (Lipinski definition) is 6. The summed E-state index contributed by atoms with van der Waals surface area (Å²) in [7, 11) is 0. The second-order valence-electron chi connectivity index (χ2n) is 6.21. The lowest BCUT2D eigenvalue weighted by molar-refractivity contribution is 0.0944. The molecular weight excluding hydrogens is 405 g/mol.